The lowest BCUT2D eigenvalue weighted by molar-refractivity contribution is -0.122. The number of benzene rings is 2. The first-order valence-electron chi connectivity index (χ1n) is 9.24. The highest BCUT2D eigenvalue weighted by molar-refractivity contribution is 6.03. The van der Waals surface area contributed by atoms with Gasteiger partial charge in [-0.05, 0) is 36.2 Å². The molecule has 0 saturated carbocycles. The lowest BCUT2D eigenvalue weighted by atomic mass is 10.1. The van der Waals surface area contributed by atoms with E-state index in [0.29, 0.717) is 31.3 Å². The van der Waals surface area contributed by atoms with E-state index in [1.54, 1.807) is 17.0 Å². The molecule has 2 aliphatic rings. The Kier molecular flexibility index (Phi) is 4.71. The van der Waals surface area contributed by atoms with E-state index in [1.165, 1.54) is 5.56 Å². The Labute approximate surface area is 158 Å². The monoisotopic (exact) mass is 366 g/mol. The summed E-state index contributed by atoms with van der Waals surface area (Å²) < 4.78 is 11.1. The molecule has 2 aliphatic heterocycles. The second kappa shape index (κ2) is 7.31. The minimum Gasteiger partial charge on any atom is -0.486 e. The highest BCUT2D eigenvalue weighted by atomic mass is 16.6. The van der Waals surface area contributed by atoms with Crippen LogP contribution < -0.4 is 19.7 Å². The molecule has 0 aliphatic carbocycles. The lowest BCUT2D eigenvalue weighted by Gasteiger charge is -2.22. The van der Waals surface area contributed by atoms with Gasteiger partial charge in [0.25, 0.3) is 0 Å². The van der Waals surface area contributed by atoms with E-state index in [0.717, 1.165) is 17.8 Å². The summed E-state index contributed by atoms with van der Waals surface area (Å²) in [5, 5.41) is 2.92. The Bertz CT molecular complexity index is 863. The highest BCUT2D eigenvalue weighted by Gasteiger charge is 2.35. The summed E-state index contributed by atoms with van der Waals surface area (Å²) in [7, 11) is 0. The van der Waals surface area contributed by atoms with Crippen molar-refractivity contribution < 1.29 is 19.1 Å². The number of carbonyl (C=O) groups is 2. The van der Waals surface area contributed by atoms with E-state index in [9.17, 15) is 9.59 Å². The Morgan fingerprint density at radius 1 is 1.11 bits per heavy atom. The van der Waals surface area contributed by atoms with E-state index in [4.69, 9.17) is 9.47 Å². The van der Waals surface area contributed by atoms with Gasteiger partial charge in [-0.1, -0.05) is 19.1 Å². The molecule has 6 heteroatoms. The van der Waals surface area contributed by atoms with Gasteiger partial charge in [0, 0.05) is 30.4 Å². The maximum absolute atomic E-state index is 12.6. The molecule has 0 radical (unpaired) electrons. The summed E-state index contributed by atoms with van der Waals surface area (Å²) in [4.78, 5) is 26.7. The molecule has 1 atom stereocenters. The lowest BCUT2D eigenvalue weighted by Crippen LogP contribution is -2.28. The molecule has 2 aromatic rings. The predicted molar refractivity (Wildman–Crippen MR) is 102 cm³/mol. The molecule has 0 aromatic heterocycles. The number of hydrogen-bond donors (Lipinski definition) is 1. The van der Waals surface area contributed by atoms with Crippen molar-refractivity contribution in [1.82, 2.24) is 0 Å². The van der Waals surface area contributed by atoms with Crippen LogP contribution in [0.3, 0.4) is 0 Å². The average molecular weight is 366 g/mol. The van der Waals surface area contributed by atoms with Crippen molar-refractivity contribution in [3.8, 4) is 11.5 Å². The zero-order valence-corrected chi connectivity index (χ0v) is 15.2. The van der Waals surface area contributed by atoms with E-state index < -0.39 is 0 Å². The molecular formula is C21H22N2O4. The molecule has 2 aromatic carbocycles. The molecule has 1 fully saturated rings. The Morgan fingerprint density at radius 3 is 2.59 bits per heavy atom. The van der Waals surface area contributed by atoms with Crippen LogP contribution in [-0.2, 0) is 16.0 Å². The number of hydrogen-bond acceptors (Lipinski definition) is 4. The molecule has 2 amide bonds. The van der Waals surface area contributed by atoms with E-state index in [-0.39, 0.29) is 24.2 Å². The molecule has 27 heavy (non-hydrogen) atoms. The van der Waals surface area contributed by atoms with Crippen molar-refractivity contribution in [2.75, 3.05) is 30.0 Å². The maximum atomic E-state index is 12.6. The Hall–Kier alpha value is -3.02. The maximum Gasteiger partial charge on any atom is 0.229 e. The fourth-order valence-electron chi connectivity index (χ4n) is 3.40. The standard InChI is InChI=1S/C21H22N2O4/c1-2-14-3-5-16(6-4-14)22-21(25)15-11-20(24)23(13-15)17-7-8-18-19(12-17)27-10-9-26-18/h3-8,12,15H,2,9-11,13H2,1H3,(H,22,25)/t15-/m0/s1. The van der Waals surface area contributed by atoms with Gasteiger partial charge in [-0.15, -0.1) is 0 Å². The van der Waals surface area contributed by atoms with Crippen LogP contribution in [-0.4, -0.2) is 31.6 Å². The number of nitrogens with zero attached hydrogens (tertiary/aromatic N) is 1. The number of carbonyl (C=O) groups excluding carboxylic acids is 2. The zero-order chi connectivity index (χ0) is 18.8. The van der Waals surface area contributed by atoms with Crippen LogP contribution in [0.4, 0.5) is 11.4 Å². The topological polar surface area (TPSA) is 67.9 Å². The van der Waals surface area contributed by atoms with Crippen molar-refractivity contribution in [1.29, 1.82) is 0 Å². The number of fused-ring (bicyclic) bond motifs is 1. The SMILES string of the molecule is CCc1ccc(NC(=O)[C@H]2CC(=O)N(c3ccc4c(c3)OCCO4)C2)cc1. The second-order valence-electron chi connectivity index (χ2n) is 6.77. The van der Waals surface area contributed by atoms with Crippen molar-refractivity contribution in [2.24, 2.45) is 5.92 Å². The van der Waals surface area contributed by atoms with Crippen LogP contribution >= 0.6 is 0 Å². The van der Waals surface area contributed by atoms with E-state index >= 15 is 0 Å². The fraction of sp³-hybridized carbons (Fsp3) is 0.333. The Balaban J connectivity index is 1.44. The largest absolute Gasteiger partial charge is 0.486 e. The number of anilines is 2. The van der Waals surface area contributed by atoms with Crippen molar-refractivity contribution >= 4 is 23.2 Å². The molecule has 0 bridgehead atoms. The van der Waals surface area contributed by atoms with Gasteiger partial charge in [0.2, 0.25) is 11.8 Å². The summed E-state index contributed by atoms with van der Waals surface area (Å²) in [6, 6.07) is 13.2. The molecule has 2 heterocycles. The highest BCUT2D eigenvalue weighted by Crippen LogP contribution is 2.36. The molecule has 6 nitrogen and oxygen atoms in total. The molecule has 0 spiro atoms. The second-order valence-corrected chi connectivity index (χ2v) is 6.77. The van der Waals surface area contributed by atoms with Crippen molar-refractivity contribution in [2.45, 2.75) is 19.8 Å². The third kappa shape index (κ3) is 3.60. The van der Waals surface area contributed by atoms with Crippen LogP contribution in [0.25, 0.3) is 0 Å². The third-order valence-corrected chi connectivity index (χ3v) is 4.96. The number of rotatable bonds is 4. The zero-order valence-electron chi connectivity index (χ0n) is 15.2. The summed E-state index contributed by atoms with van der Waals surface area (Å²) in [5.41, 5.74) is 2.70. The van der Waals surface area contributed by atoms with Gasteiger partial charge in [0.15, 0.2) is 11.5 Å². The van der Waals surface area contributed by atoms with Gasteiger partial charge < -0.3 is 19.7 Å². The first-order valence-corrected chi connectivity index (χ1v) is 9.24. The molecule has 1 saturated heterocycles. The quantitative estimate of drug-likeness (QED) is 0.903. The molecule has 0 unspecified atom stereocenters. The first-order chi connectivity index (χ1) is 13.1. The van der Waals surface area contributed by atoms with Crippen LogP contribution in [0, 0.1) is 5.92 Å². The summed E-state index contributed by atoms with van der Waals surface area (Å²) in [6.45, 7) is 3.46. The summed E-state index contributed by atoms with van der Waals surface area (Å²) in [6.07, 6.45) is 1.16. The molecular weight excluding hydrogens is 344 g/mol. The van der Waals surface area contributed by atoms with Crippen molar-refractivity contribution in [3.63, 3.8) is 0 Å². The van der Waals surface area contributed by atoms with Gasteiger partial charge in [-0.2, -0.15) is 0 Å². The predicted octanol–water partition coefficient (Wildman–Crippen LogP) is 3.01. The van der Waals surface area contributed by atoms with Crippen LogP contribution in [0.1, 0.15) is 18.9 Å². The van der Waals surface area contributed by atoms with Crippen molar-refractivity contribution in [3.05, 3.63) is 48.0 Å². The first kappa shape index (κ1) is 17.4. The molecule has 4 rings (SSSR count). The van der Waals surface area contributed by atoms with Crippen LogP contribution in [0.2, 0.25) is 0 Å². The number of nitrogens with one attached hydrogen (secondary N) is 1. The number of aryl methyl sites for hydroxylation is 1. The third-order valence-electron chi connectivity index (χ3n) is 4.96. The number of ether oxygens (including phenoxy) is 2. The fourth-order valence-corrected chi connectivity index (χ4v) is 3.40. The van der Waals surface area contributed by atoms with E-state index in [1.807, 2.05) is 30.3 Å². The van der Waals surface area contributed by atoms with Crippen LogP contribution in [0.5, 0.6) is 11.5 Å². The molecule has 140 valence electrons. The number of amides is 2. The van der Waals surface area contributed by atoms with Gasteiger partial charge in [-0.3, -0.25) is 9.59 Å². The van der Waals surface area contributed by atoms with Gasteiger partial charge in [0.05, 0.1) is 5.92 Å². The smallest absolute Gasteiger partial charge is 0.229 e. The summed E-state index contributed by atoms with van der Waals surface area (Å²) >= 11 is 0. The van der Waals surface area contributed by atoms with E-state index in [2.05, 4.69) is 12.2 Å². The van der Waals surface area contributed by atoms with Crippen LogP contribution in [0.15, 0.2) is 42.5 Å². The normalized spacial score (nSPS) is 18.5. The minimum absolute atomic E-state index is 0.0619. The average Bonchev–Trinajstić information content (AvgIpc) is 3.10. The summed E-state index contributed by atoms with van der Waals surface area (Å²) in [5.74, 6) is 0.745. The van der Waals surface area contributed by atoms with Gasteiger partial charge in [0.1, 0.15) is 13.2 Å². The van der Waals surface area contributed by atoms with Gasteiger partial charge in [-0.25, -0.2) is 0 Å². The minimum atomic E-state index is -0.378. The van der Waals surface area contributed by atoms with Gasteiger partial charge >= 0.3 is 0 Å². The molecule has 1 N–H and O–H groups in total. The Morgan fingerprint density at radius 2 is 1.85 bits per heavy atom.